The molecular formula is C33H32O4. The lowest BCUT2D eigenvalue weighted by molar-refractivity contribution is -0.159. The van der Waals surface area contributed by atoms with E-state index in [2.05, 4.69) is 56.0 Å². The molecule has 4 aliphatic carbocycles. The van der Waals surface area contributed by atoms with Crippen molar-refractivity contribution in [2.75, 3.05) is 7.11 Å². The van der Waals surface area contributed by atoms with Crippen LogP contribution in [-0.2, 0) is 15.0 Å². The molecule has 3 aromatic carbocycles. The first-order valence-corrected chi connectivity index (χ1v) is 13.1. The van der Waals surface area contributed by atoms with E-state index in [1.54, 1.807) is 7.11 Å². The van der Waals surface area contributed by atoms with E-state index in [1.807, 2.05) is 30.3 Å². The summed E-state index contributed by atoms with van der Waals surface area (Å²) in [6, 6.07) is 24.4. The van der Waals surface area contributed by atoms with Gasteiger partial charge in [-0.1, -0.05) is 78.9 Å². The van der Waals surface area contributed by atoms with Crippen molar-refractivity contribution in [2.24, 2.45) is 17.3 Å². The first-order chi connectivity index (χ1) is 17.8. The van der Waals surface area contributed by atoms with Crippen molar-refractivity contribution in [3.8, 4) is 5.75 Å². The maximum atomic E-state index is 14.0. The number of carbonyl (C=O) groups excluding carboxylic acids is 1. The molecule has 4 aliphatic rings. The van der Waals surface area contributed by atoms with Gasteiger partial charge < -0.3 is 9.84 Å². The lowest BCUT2D eigenvalue weighted by Gasteiger charge is -2.60. The Bertz CT molecular complexity index is 1420. The third-order valence-corrected chi connectivity index (χ3v) is 9.65. The molecule has 7 rings (SSSR count). The zero-order valence-electron chi connectivity index (χ0n) is 21.4. The zero-order chi connectivity index (χ0) is 25.9. The standard InChI is InChI=1S/C33H32O4/c1-20-12-14-23(15-13-20)32-17-16-27(25-9-4-6-10-26(25)32)33(31(35)36)19-22(18-29(32)33)30(34)21(2)24-8-5-7-11-28(24)37-3/h4-15,22,27,29H,2,16-19H2,1,3H3,(H,35,36)/t22?,27-,29+,32-,33+/m1/s1. The lowest BCUT2D eigenvalue weighted by atomic mass is 9.42. The Morgan fingerprint density at radius 1 is 1.00 bits per heavy atom. The van der Waals surface area contributed by atoms with Gasteiger partial charge in [-0.05, 0) is 61.3 Å². The Hall–Kier alpha value is -3.66. The number of fused-ring (bicyclic) bond motifs is 1. The third kappa shape index (κ3) is 3.14. The molecule has 0 amide bonds. The number of ether oxygens (including phenoxy) is 1. The Morgan fingerprint density at radius 3 is 2.43 bits per heavy atom. The number of carboxylic acids is 1. The van der Waals surface area contributed by atoms with Crippen LogP contribution in [0, 0.1) is 24.2 Å². The average Bonchev–Trinajstić information content (AvgIpc) is 3.37. The topological polar surface area (TPSA) is 63.6 Å². The van der Waals surface area contributed by atoms with Crippen molar-refractivity contribution >= 4 is 17.3 Å². The highest BCUT2D eigenvalue weighted by Crippen LogP contribution is 2.72. The van der Waals surface area contributed by atoms with E-state index in [9.17, 15) is 14.7 Å². The first kappa shape index (κ1) is 23.7. The second-order valence-corrected chi connectivity index (χ2v) is 11.1. The molecule has 1 N–H and O–H groups in total. The van der Waals surface area contributed by atoms with Gasteiger partial charge in [-0.3, -0.25) is 9.59 Å². The van der Waals surface area contributed by atoms with Crippen molar-refractivity contribution in [2.45, 2.75) is 43.9 Å². The highest BCUT2D eigenvalue weighted by atomic mass is 16.5. The smallest absolute Gasteiger partial charge is 0.310 e. The number of benzene rings is 3. The summed E-state index contributed by atoms with van der Waals surface area (Å²) in [6.07, 6.45) is 2.58. The van der Waals surface area contributed by atoms with Gasteiger partial charge in [0.1, 0.15) is 5.75 Å². The predicted octanol–water partition coefficient (Wildman–Crippen LogP) is 6.56. The quantitative estimate of drug-likeness (QED) is 0.396. The summed E-state index contributed by atoms with van der Waals surface area (Å²) in [6.45, 7) is 6.24. The molecule has 4 heteroatoms. The second-order valence-electron chi connectivity index (χ2n) is 11.1. The van der Waals surface area contributed by atoms with Crippen molar-refractivity contribution in [1.82, 2.24) is 0 Å². The minimum atomic E-state index is -0.987. The molecule has 0 spiro atoms. The van der Waals surface area contributed by atoms with Crippen molar-refractivity contribution < 1.29 is 19.4 Å². The molecule has 5 atom stereocenters. The molecule has 4 nitrogen and oxygen atoms in total. The van der Waals surface area contributed by atoms with E-state index in [0.717, 1.165) is 24.0 Å². The van der Waals surface area contributed by atoms with Gasteiger partial charge in [0.25, 0.3) is 0 Å². The van der Waals surface area contributed by atoms with Gasteiger partial charge in [-0.15, -0.1) is 0 Å². The molecule has 188 valence electrons. The van der Waals surface area contributed by atoms with Crippen LogP contribution in [0.2, 0.25) is 0 Å². The van der Waals surface area contributed by atoms with E-state index in [0.29, 0.717) is 29.7 Å². The van der Waals surface area contributed by atoms with Gasteiger partial charge in [-0.2, -0.15) is 0 Å². The number of carbonyl (C=O) groups is 2. The summed E-state index contributed by atoms with van der Waals surface area (Å²) in [7, 11) is 1.58. The molecule has 3 aromatic rings. The molecule has 2 fully saturated rings. The molecule has 37 heavy (non-hydrogen) atoms. The zero-order valence-corrected chi connectivity index (χ0v) is 21.4. The molecule has 1 unspecified atom stereocenters. The number of Topliss-reactive ketones (excluding diaryl/α,β-unsaturated/α-hetero) is 1. The highest BCUT2D eigenvalue weighted by Gasteiger charge is 2.70. The van der Waals surface area contributed by atoms with E-state index < -0.39 is 22.7 Å². The molecule has 2 bridgehead atoms. The van der Waals surface area contributed by atoms with Gasteiger partial charge in [0.2, 0.25) is 0 Å². The van der Waals surface area contributed by atoms with Crippen LogP contribution in [0.5, 0.6) is 5.75 Å². The number of carboxylic acid groups (broad SMARTS) is 1. The maximum Gasteiger partial charge on any atom is 0.310 e. The fourth-order valence-electron chi connectivity index (χ4n) is 8.13. The van der Waals surface area contributed by atoms with Crippen molar-refractivity contribution in [3.05, 3.63) is 107 Å². The Balaban J connectivity index is 1.49. The highest BCUT2D eigenvalue weighted by molar-refractivity contribution is 6.22. The summed E-state index contributed by atoms with van der Waals surface area (Å²) < 4.78 is 5.49. The summed E-state index contributed by atoms with van der Waals surface area (Å²) in [5.41, 5.74) is 4.38. The number of allylic oxidation sites excluding steroid dienone is 1. The summed E-state index contributed by atoms with van der Waals surface area (Å²) in [4.78, 5) is 27.3. The number of aryl methyl sites for hydroxylation is 1. The van der Waals surface area contributed by atoms with Crippen molar-refractivity contribution in [1.29, 1.82) is 0 Å². The van der Waals surface area contributed by atoms with Crippen LogP contribution in [0.25, 0.3) is 5.57 Å². The number of rotatable bonds is 6. The minimum absolute atomic E-state index is 0.0676. The van der Waals surface area contributed by atoms with Gasteiger partial charge in [0, 0.05) is 28.4 Å². The largest absolute Gasteiger partial charge is 0.496 e. The number of hydrogen-bond donors (Lipinski definition) is 1. The van der Waals surface area contributed by atoms with E-state index in [-0.39, 0.29) is 17.6 Å². The number of ketones is 1. The van der Waals surface area contributed by atoms with Crippen molar-refractivity contribution in [3.63, 3.8) is 0 Å². The van der Waals surface area contributed by atoms with Crippen LogP contribution in [0.1, 0.15) is 59.4 Å². The van der Waals surface area contributed by atoms with Gasteiger partial charge in [0.15, 0.2) is 5.78 Å². The molecule has 0 saturated heterocycles. The number of hydrogen-bond acceptors (Lipinski definition) is 3. The molecule has 2 saturated carbocycles. The van der Waals surface area contributed by atoms with E-state index in [1.165, 1.54) is 11.1 Å². The van der Waals surface area contributed by atoms with Gasteiger partial charge in [-0.25, -0.2) is 0 Å². The van der Waals surface area contributed by atoms with Gasteiger partial charge in [0.05, 0.1) is 12.5 Å². The number of methoxy groups -OCH3 is 1. The lowest BCUT2D eigenvalue weighted by Crippen LogP contribution is -2.58. The average molecular weight is 493 g/mol. The normalized spacial score (nSPS) is 29.3. The molecular weight excluding hydrogens is 460 g/mol. The summed E-state index contributed by atoms with van der Waals surface area (Å²) in [5.74, 6) is -0.913. The SMILES string of the molecule is C=C(C(=O)C1C[C@H]2[C@@]3(c4ccc(C)cc4)CC[C@H](c4ccccc43)[C@@]2(C(=O)O)C1)c1ccccc1OC. The second kappa shape index (κ2) is 8.44. The minimum Gasteiger partial charge on any atom is -0.496 e. The third-order valence-electron chi connectivity index (χ3n) is 9.65. The Morgan fingerprint density at radius 2 is 1.70 bits per heavy atom. The molecule has 0 heterocycles. The predicted molar refractivity (Wildman–Crippen MR) is 144 cm³/mol. The molecule has 0 aliphatic heterocycles. The number of para-hydroxylation sites is 1. The van der Waals surface area contributed by atoms with Crippen LogP contribution in [0.15, 0.2) is 79.4 Å². The summed E-state index contributed by atoms with van der Waals surface area (Å²) in [5, 5.41) is 10.9. The van der Waals surface area contributed by atoms with Crippen LogP contribution in [0.4, 0.5) is 0 Å². The monoisotopic (exact) mass is 492 g/mol. The van der Waals surface area contributed by atoms with Crippen LogP contribution < -0.4 is 4.74 Å². The maximum absolute atomic E-state index is 14.0. The Labute approximate surface area is 218 Å². The Kier molecular flexibility index (Phi) is 5.41. The van der Waals surface area contributed by atoms with Crippen LogP contribution in [0.3, 0.4) is 0 Å². The first-order valence-electron chi connectivity index (χ1n) is 13.1. The fourth-order valence-corrected chi connectivity index (χ4v) is 8.13. The van der Waals surface area contributed by atoms with E-state index in [4.69, 9.17) is 4.74 Å². The van der Waals surface area contributed by atoms with Crippen LogP contribution in [-0.4, -0.2) is 24.0 Å². The molecule has 0 aromatic heterocycles. The van der Waals surface area contributed by atoms with Crippen LogP contribution >= 0.6 is 0 Å². The number of aliphatic carboxylic acids is 1. The van der Waals surface area contributed by atoms with Gasteiger partial charge >= 0.3 is 5.97 Å². The summed E-state index contributed by atoms with van der Waals surface area (Å²) >= 11 is 0. The van der Waals surface area contributed by atoms with E-state index >= 15 is 0 Å². The molecule has 0 radical (unpaired) electrons. The fraction of sp³-hybridized carbons (Fsp3) is 0.333.